The molecule has 5 nitrogen and oxygen atoms in total. The molecule has 6 heteroatoms. The quantitative estimate of drug-likeness (QED) is 0.865. The van der Waals surface area contributed by atoms with Crippen LogP contribution in [0, 0.1) is 5.92 Å². The third-order valence-corrected chi connectivity index (χ3v) is 4.49. The van der Waals surface area contributed by atoms with Gasteiger partial charge in [-0.15, -0.1) is 0 Å². The predicted octanol–water partition coefficient (Wildman–Crippen LogP) is 1.79. The molecule has 2 aromatic heterocycles. The van der Waals surface area contributed by atoms with Crippen molar-refractivity contribution < 1.29 is 9.53 Å². The van der Waals surface area contributed by atoms with Crippen molar-refractivity contribution in [2.24, 2.45) is 5.92 Å². The monoisotopic (exact) mass is 305 g/mol. The molecule has 0 aliphatic carbocycles. The van der Waals surface area contributed by atoms with Crippen molar-refractivity contribution in [1.82, 2.24) is 14.7 Å². The number of aromatic nitrogens is 2. The topological polar surface area (TPSA) is 47.4 Å². The third kappa shape index (κ3) is 3.33. The maximum Gasteiger partial charge on any atom is 0.227 e. The minimum absolute atomic E-state index is 0.171. The summed E-state index contributed by atoms with van der Waals surface area (Å²) in [4.78, 5) is 14.5. The minimum Gasteiger partial charge on any atom is -0.384 e. The molecule has 3 rings (SSSR count). The fourth-order valence-electron chi connectivity index (χ4n) is 2.74. The van der Waals surface area contributed by atoms with Crippen LogP contribution in [0.3, 0.4) is 0 Å². The molecule has 0 fully saturated rings. The van der Waals surface area contributed by atoms with Gasteiger partial charge in [0.2, 0.25) is 5.91 Å². The molecular weight excluding hydrogens is 286 g/mol. The maximum absolute atomic E-state index is 12.6. The van der Waals surface area contributed by atoms with E-state index in [0.717, 1.165) is 24.3 Å². The van der Waals surface area contributed by atoms with Gasteiger partial charge in [0.15, 0.2) is 0 Å². The molecule has 1 amide bonds. The smallest absolute Gasteiger partial charge is 0.227 e. The first-order valence-corrected chi connectivity index (χ1v) is 7.99. The number of amides is 1. The van der Waals surface area contributed by atoms with Gasteiger partial charge in [0, 0.05) is 32.3 Å². The zero-order valence-electron chi connectivity index (χ0n) is 12.1. The molecule has 0 radical (unpaired) electrons. The molecule has 1 unspecified atom stereocenters. The predicted molar refractivity (Wildman–Crippen MR) is 81.0 cm³/mol. The summed E-state index contributed by atoms with van der Waals surface area (Å²) < 4.78 is 7.27. The van der Waals surface area contributed by atoms with Crippen LogP contribution in [0.4, 0.5) is 0 Å². The van der Waals surface area contributed by atoms with Crippen LogP contribution < -0.4 is 0 Å². The summed E-state index contributed by atoms with van der Waals surface area (Å²) >= 11 is 1.63. The first-order valence-electron chi connectivity index (χ1n) is 7.04. The number of fused-ring (bicyclic) bond motifs is 1. The Bertz CT molecular complexity index is 594. The van der Waals surface area contributed by atoms with Gasteiger partial charge in [-0.25, -0.2) is 0 Å². The van der Waals surface area contributed by atoms with E-state index in [2.05, 4.69) is 5.10 Å². The normalized spacial score (nSPS) is 18.3. The molecule has 21 heavy (non-hydrogen) atoms. The Hall–Kier alpha value is -1.66. The van der Waals surface area contributed by atoms with E-state index in [1.54, 1.807) is 24.6 Å². The van der Waals surface area contributed by atoms with Gasteiger partial charge in [0.25, 0.3) is 0 Å². The van der Waals surface area contributed by atoms with Gasteiger partial charge >= 0.3 is 0 Å². The molecule has 0 N–H and O–H groups in total. The summed E-state index contributed by atoms with van der Waals surface area (Å²) in [7, 11) is 1.70. The van der Waals surface area contributed by atoms with Crippen molar-refractivity contribution in [2.75, 3.05) is 20.3 Å². The lowest BCUT2D eigenvalue weighted by atomic mass is 10.1. The van der Waals surface area contributed by atoms with Crippen molar-refractivity contribution in [2.45, 2.75) is 19.5 Å². The van der Waals surface area contributed by atoms with Crippen molar-refractivity contribution in [3.05, 3.63) is 40.3 Å². The lowest BCUT2D eigenvalue weighted by Gasteiger charge is -2.23. The minimum atomic E-state index is 0.171. The molecule has 112 valence electrons. The highest BCUT2D eigenvalue weighted by Crippen LogP contribution is 2.18. The fourth-order valence-corrected chi connectivity index (χ4v) is 3.41. The van der Waals surface area contributed by atoms with Crippen LogP contribution in [0.25, 0.3) is 0 Å². The highest BCUT2D eigenvalue weighted by Gasteiger charge is 2.25. The molecule has 0 aromatic carbocycles. The summed E-state index contributed by atoms with van der Waals surface area (Å²) in [6, 6.07) is 4.00. The second kappa shape index (κ2) is 6.41. The summed E-state index contributed by atoms with van der Waals surface area (Å²) in [5.41, 5.74) is 2.18. The van der Waals surface area contributed by atoms with Gasteiger partial charge in [-0.3, -0.25) is 9.48 Å². The average molecular weight is 305 g/mol. The fraction of sp³-hybridized carbons (Fsp3) is 0.467. The zero-order chi connectivity index (χ0) is 14.7. The van der Waals surface area contributed by atoms with Crippen LogP contribution in [-0.4, -0.2) is 40.8 Å². The van der Waals surface area contributed by atoms with Gasteiger partial charge in [-0.2, -0.15) is 16.4 Å². The van der Waals surface area contributed by atoms with Gasteiger partial charge in [0.05, 0.1) is 25.3 Å². The van der Waals surface area contributed by atoms with Crippen LogP contribution in [0.15, 0.2) is 29.1 Å². The molecule has 0 bridgehead atoms. The van der Waals surface area contributed by atoms with Crippen molar-refractivity contribution >= 4 is 17.2 Å². The van der Waals surface area contributed by atoms with E-state index in [9.17, 15) is 4.79 Å². The van der Waals surface area contributed by atoms with Crippen molar-refractivity contribution in [3.63, 3.8) is 0 Å². The molecule has 0 saturated heterocycles. The average Bonchev–Trinajstić information content (AvgIpc) is 3.08. The Morgan fingerprint density at radius 1 is 1.48 bits per heavy atom. The molecule has 0 saturated carbocycles. The van der Waals surface area contributed by atoms with Crippen molar-refractivity contribution in [3.8, 4) is 0 Å². The Morgan fingerprint density at radius 2 is 2.38 bits per heavy atom. The highest BCUT2D eigenvalue weighted by atomic mass is 32.1. The number of nitrogens with zero attached hydrogens (tertiary/aromatic N) is 3. The summed E-state index contributed by atoms with van der Waals surface area (Å²) in [6.07, 6.45) is 2.27. The number of thiophene rings is 1. The van der Waals surface area contributed by atoms with E-state index in [-0.39, 0.29) is 11.8 Å². The van der Waals surface area contributed by atoms with Gasteiger partial charge in [-0.1, -0.05) is 0 Å². The molecule has 0 spiro atoms. The highest BCUT2D eigenvalue weighted by molar-refractivity contribution is 7.07. The second-order valence-corrected chi connectivity index (χ2v) is 6.19. The van der Waals surface area contributed by atoms with Crippen molar-refractivity contribution in [1.29, 1.82) is 0 Å². The van der Waals surface area contributed by atoms with Crippen LogP contribution in [0.2, 0.25) is 0 Å². The van der Waals surface area contributed by atoms with E-state index in [4.69, 9.17) is 4.74 Å². The molecular formula is C15H19N3O2S. The SMILES string of the molecule is COCC1CN(C(=O)Cc2ccsc2)Cc2ccnn2C1. The van der Waals surface area contributed by atoms with Crippen LogP contribution in [-0.2, 0) is 29.0 Å². The zero-order valence-corrected chi connectivity index (χ0v) is 12.9. The summed E-state index contributed by atoms with van der Waals surface area (Å²) in [5.74, 6) is 0.451. The molecule has 1 aliphatic heterocycles. The summed E-state index contributed by atoms with van der Waals surface area (Å²) in [6.45, 7) is 2.79. The Labute approximate surface area is 128 Å². The molecule has 1 aliphatic rings. The van der Waals surface area contributed by atoms with Crippen LogP contribution >= 0.6 is 11.3 Å². The van der Waals surface area contributed by atoms with E-state index in [1.165, 1.54) is 0 Å². The van der Waals surface area contributed by atoms with Gasteiger partial charge in [-0.05, 0) is 28.5 Å². The number of ether oxygens (including phenoxy) is 1. The number of methoxy groups -OCH3 is 1. The maximum atomic E-state index is 12.6. The molecule has 2 aromatic rings. The van der Waals surface area contributed by atoms with Gasteiger partial charge in [0.1, 0.15) is 0 Å². The van der Waals surface area contributed by atoms with E-state index < -0.39 is 0 Å². The molecule has 1 atom stereocenters. The lowest BCUT2D eigenvalue weighted by Crippen LogP contribution is -2.36. The number of carbonyl (C=O) groups is 1. The number of hydrogen-bond acceptors (Lipinski definition) is 4. The number of rotatable bonds is 4. The van der Waals surface area contributed by atoms with Gasteiger partial charge < -0.3 is 9.64 Å². The largest absolute Gasteiger partial charge is 0.384 e. The second-order valence-electron chi connectivity index (χ2n) is 5.41. The third-order valence-electron chi connectivity index (χ3n) is 3.76. The lowest BCUT2D eigenvalue weighted by molar-refractivity contribution is -0.131. The van der Waals surface area contributed by atoms with Crippen LogP contribution in [0.1, 0.15) is 11.3 Å². The van der Waals surface area contributed by atoms with E-state index in [1.807, 2.05) is 32.5 Å². The number of carbonyl (C=O) groups excluding carboxylic acids is 1. The summed E-state index contributed by atoms with van der Waals surface area (Å²) in [5, 5.41) is 8.39. The Kier molecular flexibility index (Phi) is 4.36. The number of hydrogen-bond donors (Lipinski definition) is 0. The first-order chi connectivity index (χ1) is 10.3. The Balaban J connectivity index is 1.75. The standard InChI is InChI=1S/C15H19N3O2S/c1-20-10-13-7-17(9-14-2-4-16-18(14)8-13)15(19)6-12-3-5-21-11-12/h2-5,11,13H,6-10H2,1H3. The first kappa shape index (κ1) is 14.3. The van der Waals surface area contributed by atoms with E-state index >= 15 is 0 Å². The van der Waals surface area contributed by atoms with Crippen LogP contribution in [0.5, 0.6) is 0 Å². The van der Waals surface area contributed by atoms with E-state index in [0.29, 0.717) is 19.6 Å². The molecule has 3 heterocycles. The Morgan fingerprint density at radius 3 is 3.14 bits per heavy atom.